The van der Waals surface area contributed by atoms with Gasteiger partial charge in [0.05, 0.1) is 0 Å². The molecule has 2 aromatic rings. The minimum atomic E-state index is -0.176. The normalized spacial score (nSPS) is 17.3. The number of hydrogen-bond acceptors (Lipinski definition) is 4. The molecule has 1 aliphatic rings. The summed E-state index contributed by atoms with van der Waals surface area (Å²) in [6.07, 6.45) is 9.36. The van der Waals surface area contributed by atoms with Crippen LogP contribution in [0.25, 0.3) is 10.9 Å². The molecule has 3 rings (SSSR count). The third-order valence-electron chi connectivity index (χ3n) is 4.53. The molecule has 0 spiro atoms. The smallest absolute Gasteiger partial charge is 0.272 e. The Kier molecular flexibility index (Phi) is 4.63. The summed E-state index contributed by atoms with van der Waals surface area (Å²) in [6.45, 7) is 0.467. The standard InChI is InChI=1S/C17H22N4O/c18-11-14(12-5-2-1-3-6-12)21-17(22)16-15-13(8-10-20-16)7-4-9-19-15/h4,7-10,12,14H,1-3,5-6,11,18H2,(H,21,22). The molecule has 5 nitrogen and oxygen atoms in total. The lowest BCUT2D eigenvalue weighted by Gasteiger charge is -2.30. The minimum absolute atomic E-state index is 0.0218. The van der Waals surface area contributed by atoms with Gasteiger partial charge in [0.1, 0.15) is 5.52 Å². The monoisotopic (exact) mass is 298 g/mol. The molecule has 3 N–H and O–H groups in total. The van der Waals surface area contributed by atoms with Gasteiger partial charge >= 0.3 is 0 Å². The van der Waals surface area contributed by atoms with Gasteiger partial charge in [-0.25, -0.2) is 4.98 Å². The fourth-order valence-electron chi connectivity index (χ4n) is 3.31. The molecule has 0 aromatic carbocycles. The summed E-state index contributed by atoms with van der Waals surface area (Å²) in [7, 11) is 0. The Bertz CT molecular complexity index is 647. The van der Waals surface area contributed by atoms with Crippen LogP contribution < -0.4 is 11.1 Å². The maximum Gasteiger partial charge on any atom is 0.272 e. The average molecular weight is 298 g/mol. The van der Waals surface area contributed by atoms with Crippen molar-refractivity contribution < 1.29 is 4.79 Å². The highest BCUT2D eigenvalue weighted by Gasteiger charge is 2.25. The fourth-order valence-corrected chi connectivity index (χ4v) is 3.31. The molecule has 0 bridgehead atoms. The molecule has 0 radical (unpaired) electrons. The van der Waals surface area contributed by atoms with E-state index < -0.39 is 0 Å². The zero-order chi connectivity index (χ0) is 15.4. The lowest BCUT2D eigenvalue weighted by atomic mass is 9.84. The molecular formula is C17H22N4O. The van der Waals surface area contributed by atoms with Crippen LogP contribution in [0.5, 0.6) is 0 Å². The van der Waals surface area contributed by atoms with E-state index >= 15 is 0 Å². The Labute approximate surface area is 130 Å². The summed E-state index contributed by atoms with van der Waals surface area (Å²) in [5.74, 6) is 0.302. The molecule has 1 fully saturated rings. The number of nitrogens with one attached hydrogen (secondary N) is 1. The molecule has 2 heterocycles. The number of carbonyl (C=O) groups excluding carboxylic acids is 1. The van der Waals surface area contributed by atoms with E-state index in [9.17, 15) is 4.79 Å². The topological polar surface area (TPSA) is 80.9 Å². The van der Waals surface area contributed by atoms with Crippen LogP contribution in [0.4, 0.5) is 0 Å². The van der Waals surface area contributed by atoms with Gasteiger partial charge in [-0.1, -0.05) is 25.3 Å². The fraction of sp³-hybridized carbons (Fsp3) is 0.471. The first-order valence-electron chi connectivity index (χ1n) is 8.00. The minimum Gasteiger partial charge on any atom is -0.346 e. The number of carbonyl (C=O) groups is 1. The van der Waals surface area contributed by atoms with E-state index in [2.05, 4.69) is 15.3 Å². The second-order valence-electron chi connectivity index (χ2n) is 5.95. The third-order valence-corrected chi connectivity index (χ3v) is 4.53. The van der Waals surface area contributed by atoms with Gasteiger partial charge in [-0.15, -0.1) is 0 Å². The van der Waals surface area contributed by atoms with Crippen molar-refractivity contribution in [3.05, 3.63) is 36.3 Å². The van der Waals surface area contributed by atoms with Crippen LogP contribution in [0.2, 0.25) is 0 Å². The molecule has 0 saturated heterocycles. The highest BCUT2D eigenvalue weighted by atomic mass is 16.2. The van der Waals surface area contributed by atoms with Crippen molar-refractivity contribution in [3.63, 3.8) is 0 Å². The maximum atomic E-state index is 12.6. The van der Waals surface area contributed by atoms with Gasteiger partial charge in [-0.05, 0) is 30.9 Å². The molecule has 1 saturated carbocycles. The molecule has 0 aliphatic heterocycles. The first-order valence-corrected chi connectivity index (χ1v) is 8.00. The highest BCUT2D eigenvalue weighted by Crippen LogP contribution is 2.26. The number of amides is 1. The van der Waals surface area contributed by atoms with Crippen molar-refractivity contribution in [2.24, 2.45) is 11.7 Å². The predicted molar refractivity (Wildman–Crippen MR) is 86.4 cm³/mol. The van der Waals surface area contributed by atoms with E-state index in [-0.39, 0.29) is 11.9 Å². The van der Waals surface area contributed by atoms with Crippen LogP contribution in [0.3, 0.4) is 0 Å². The van der Waals surface area contributed by atoms with E-state index in [1.165, 1.54) is 19.3 Å². The average Bonchev–Trinajstić information content (AvgIpc) is 2.59. The molecule has 116 valence electrons. The number of pyridine rings is 2. The van der Waals surface area contributed by atoms with Crippen LogP contribution in [-0.4, -0.2) is 28.5 Å². The first kappa shape index (κ1) is 14.9. The van der Waals surface area contributed by atoms with E-state index in [1.807, 2.05) is 18.2 Å². The van der Waals surface area contributed by atoms with Crippen molar-refractivity contribution in [1.82, 2.24) is 15.3 Å². The van der Waals surface area contributed by atoms with Crippen LogP contribution in [0, 0.1) is 5.92 Å². The molecular weight excluding hydrogens is 276 g/mol. The van der Waals surface area contributed by atoms with E-state index in [1.54, 1.807) is 12.4 Å². The zero-order valence-electron chi connectivity index (χ0n) is 12.7. The predicted octanol–water partition coefficient (Wildman–Crippen LogP) is 2.27. The first-order chi connectivity index (χ1) is 10.8. The molecule has 1 amide bonds. The molecule has 22 heavy (non-hydrogen) atoms. The Hall–Kier alpha value is -2.01. The second-order valence-corrected chi connectivity index (χ2v) is 5.95. The van der Waals surface area contributed by atoms with E-state index in [4.69, 9.17) is 5.73 Å². The van der Waals surface area contributed by atoms with Gasteiger partial charge in [0.25, 0.3) is 5.91 Å². The van der Waals surface area contributed by atoms with Gasteiger partial charge < -0.3 is 11.1 Å². The van der Waals surface area contributed by atoms with Crippen LogP contribution in [0.15, 0.2) is 30.6 Å². The van der Waals surface area contributed by atoms with Crippen LogP contribution >= 0.6 is 0 Å². The summed E-state index contributed by atoms with van der Waals surface area (Å²) >= 11 is 0. The second kappa shape index (κ2) is 6.83. The molecule has 5 heteroatoms. The van der Waals surface area contributed by atoms with Gasteiger partial charge in [0.2, 0.25) is 0 Å². The molecule has 1 aliphatic carbocycles. The Morgan fingerprint density at radius 1 is 1.23 bits per heavy atom. The van der Waals surface area contributed by atoms with Crippen molar-refractivity contribution in [2.45, 2.75) is 38.1 Å². The van der Waals surface area contributed by atoms with E-state index in [0.717, 1.165) is 18.2 Å². The van der Waals surface area contributed by atoms with Gasteiger partial charge in [-0.3, -0.25) is 9.78 Å². The molecule has 2 aromatic heterocycles. The molecule has 1 atom stereocenters. The number of rotatable bonds is 4. The summed E-state index contributed by atoms with van der Waals surface area (Å²) in [6, 6.07) is 5.67. The van der Waals surface area contributed by atoms with Crippen LogP contribution in [0.1, 0.15) is 42.6 Å². The SMILES string of the molecule is NCC(NC(=O)c1nccc2cccnc12)C1CCCCC1. The zero-order valence-corrected chi connectivity index (χ0v) is 12.7. The van der Waals surface area contributed by atoms with E-state index in [0.29, 0.717) is 23.7 Å². The maximum absolute atomic E-state index is 12.6. The van der Waals surface area contributed by atoms with Gasteiger partial charge in [0, 0.05) is 30.4 Å². The van der Waals surface area contributed by atoms with Crippen molar-refractivity contribution in [2.75, 3.05) is 6.54 Å². The van der Waals surface area contributed by atoms with Crippen molar-refractivity contribution in [3.8, 4) is 0 Å². The summed E-state index contributed by atoms with van der Waals surface area (Å²) < 4.78 is 0. The third kappa shape index (κ3) is 3.09. The summed E-state index contributed by atoms with van der Waals surface area (Å²) in [5.41, 5.74) is 6.91. The van der Waals surface area contributed by atoms with Gasteiger partial charge in [-0.2, -0.15) is 0 Å². The lowest BCUT2D eigenvalue weighted by Crippen LogP contribution is -2.46. The molecule has 1 unspecified atom stereocenters. The van der Waals surface area contributed by atoms with Crippen molar-refractivity contribution in [1.29, 1.82) is 0 Å². The van der Waals surface area contributed by atoms with Gasteiger partial charge in [0.15, 0.2) is 5.69 Å². The Morgan fingerprint density at radius 3 is 2.82 bits per heavy atom. The number of nitrogens with zero attached hydrogens (tertiary/aromatic N) is 2. The Morgan fingerprint density at radius 2 is 2.05 bits per heavy atom. The Balaban J connectivity index is 1.80. The quantitative estimate of drug-likeness (QED) is 0.907. The van der Waals surface area contributed by atoms with Crippen LogP contribution in [-0.2, 0) is 0 Å². The number of nitrogens with two attached hydrogens (primary N) is 1. The summed E-state index contributed by atoms with van der Waals surface area (Å²) in [5, 5.41) is 4.00. The largest absolute Gasteiger partial charge is 0.346 e. The lowest BCUT2D eigenvalue weighted by molar-refractivity contribution is 0.0912. The summed E-state index contributed by atoms with van der Waals surface area (Å²) in [4.78, 5) is 21.1. The number of fused-ring (bicyclic) bond motifs is 1. The number of hydrogen-bond donors (Lipinski definition) is 2. The highest BCUT2D eigenvalue weighted by molar-refractivity contribution is 6.03. The number of aromatic nitrogens is 2. The van der Waals surface area contributed by atoms with Crippen molar-refractivity contribution >= 4 is 16.8 Å².